The molecule has 0 spiro atoms. The van der Waals surface area contributed by atoms with Crippen molar-refractivity contribution in [3.8, 4) is 21.1 Å². The summed E-state index contributed by atoms with van der Waals surface area (Å²) < 4.78 is 10.8. The maximum absolute atomic E-state index is 13.5. The monoisotopic (exact) mass is 1140 g/mol. The van der Waals surface area contributed by atoms with Gasteiger partial charge in [0.2, 0.25) is 23.7 Å². The Kier molecular flexibility index (Phi) is 18.7. The van der Waals surface area contributed by atoms with E-state index in [1.807, 2.05) is 74.5 Å². The Morgan fingerprint density at radius 2 is 1.05 bits per heavy atom. The predicted octanol–water partition coefficient (Wildman–Crippen LogP) is 7.99. The summed E-state index contributed by atoms with van der Waals surface area (Å²) in [6.45, 7) is 10.5. The Balaban J connectivity index is 0.000000190. The molecular weight excluding hydrogens is 1080 g/mol. The second kappa shape index (κ2) is 25.8. The summed E-state index contributed by atoms with van der Waals surface area (Å²) in [6.07, 6.45) is 7.95. The van der Waals surface area contributed by atoms with Gasteiger partial charge in [0.1, 0.15) is 23.5 Å². The van der Waals surface area contributed by atoms with E-state index in [9.17, 15) is 29.4 Å². The third kappa shape index (κ3) is 13.3. The predicted molar refractivity (Wildman–Crippen MR) is 302 cm³/mol. The van der Waals surface area contributed by atoms with E-state index in [0.29, 0.717) is 96.8 Å². The van der Waals surface area contributed by atoms with E-state index < -0.39 is 24.2 Å². The van der Waals surface area contributed by atoms with E-state index in [-0.39, 0.29) is 48.9 Å². The molecule has 8 heterocycles. The van der Waals surface area contributed by atoms with Crippen molar-refractivity contribution in [3.05, 3.63) is 126 Å². The van der Waals surface area contributed by atoms with Gasteiger partial charge in [0.15, 0.2) is 0 Å². The zero-order valence-electron chi connectivity index (χ0n) is 43.9. The molecule has 6 aromatic rings. The third-order valence-corrected chi connectivity index (χ3v) is 17.4. The number of thiophene rings is 2. The molecule has 0 bridgehead atoms. The first kappa shape index (κ1) is 56.6. The molecule has 22 heteroatoms. The number of amides is 4. The average Bonchev–Trinajstić information content (AvgIpc) is 4.18. The smallest absolute Gasteiger partial charge is 0.255 e. The fraction of sp³-hybridized carbons (Fsp3) is 0.429. The van der Waals surface area contributed by atoms with Crippen molar-refractivity contribution in [2.45, 2.75) is 102 Å². The number of benzene rings is 2. The summed E-state index contributed by atoms with van der Waals surface area (Å²) in [4.78, 5) is 77.9. The lowest BCUT2D eigenvalue weighted by molar-refractivity contribution is -0.127. The number of nitrogens with one attached hydrogen (secondary N) is 4. The van der Waals surface area contributed by atoms with Crippen molar-refractivity contribution in [2.75, 3.05) is 63.4 Å². The number of hydrogen-bond acceptors (Lipinski definition) is 16. The molecule has 10 rings (SSSR count). The number of aromatic nitrogens is 4. The highest BCUT2D eigenvalue weighted by Gasteiger charge is 2.36. The van der Waals surface area contributed by atoms with Gasteiger partial charge in [-0.05, 0) is 76.6 Å². The van der Waals surface area contributed by atoms with Gasteiger partial charge in [-0.1, -0.05) is 82.9 Å². The van der Waals surface area contributed by atoms with Crippen molar-refractivity contribution >= 4 is 81.4 Å². The highest BCUT2D eigenvalue weighted by atomic mass is 35.5. The number of nitrogens with zero attached hydrogens (tertiary/aromatic N) is 6. The van der Waals surface area contributed by atoms with Crippen LogP contribution in [0, 0.1) is 13.8 Å². The van der Waals surface area contributed by atoms with Crippen LogP contribution in [0.3, 0.4) is 0 Å². The molecule has 2 fully saturated rings. The number of halogens is 2. The standard InChI is InChI=1S/2C28H32ClN5O4S/c2*1-16-4-3-5-18(12-16)22(15-35)32-26(36)17(2)34-9-6-23-20(27(34)37)13-24(39-23)25-21(29)14-30-28(33-25)31-19-7-10-38-11-8-19/h2*3-5,12-14,17,19,22,35H,6-11,15H2,1-2H3,(H,32,36)(H,30,31,33)/t17-,22+;17-,22-/m01/s1. The van der Waals surface area contributed by atoms with Crippen LogP contribution in [0.5, 0.6) is 0 Å². The molecule has 412 valence electrons. The molecule has 4 atom stereocenters. The van der Waals surface area contributed by atoms with Crippen molar-refractivity contribution in [3.63, 3.8) is 0 Å². The highest BCUT2D eigenvalue weighted by molar-refractivity contribution is 7.16. The van der Waals surface area contributed by atoms with Crippen LogP contribution in [-0.2, 0) is 31.9 Å². The van der Waals surface area contributed by atoms with Gasteiger partial charge in [0.05, 0.1) is 68.6 Å². The molecule has 6 N–H and O–H groups in total. The number of ether oxygens (including phenoxy) is 2. The van der Waals surface area contributed by atoms with Gasteiger partial charge < -0.3 is 50.8 Å². The molecule has 4 aliphatic heterocycles. The van der Waals surface area contributed by atoms with E-state index in [0.717, 1.165) is 67.4 Å². The molecule has 4 amide bonds. The zero-order valence-corrected chi connectivity index (χ0v) is 47.0. The Bertz CT molecular complexity index is 2920. The largest absolute Gasteiger partial charge is 0.394 e. The number of aliphatic hydroxyl groups excluding tert-OH is 2. The molecule has 4 aliphatic rings. The topological polar surface area (TPSA) is 233 Å². The van der Waals surface area contributed by atoms with Crippen LogP contribution in [0.1, 0.15) is 104 Å². The molecule has 0 unspecified atom stereocenters. The van der Waals surface area contributed by atoms with Gasteiger partial charge in [-0.3, -0.25) is 19.2 Å². The summed E-state index contributed by atoms with van der Waals surface area (Å²) in [7, 11) is 0. The first-order valence-corrected chi connectivity index (χ1v) is 28.6. The van der Waals surface area contributed by atoms with Gasteiger partial charge in [0, 0.05) is 74.2 Å². The molecule has 78 heavy (non-hydrogen) atoms. The van der Waals surface area contributed by atoms with Crippen LogP contribution in [0.2, 0.25) is 10.0 Å². The van der Waals surface area contributed by atoms with Crippen LogP contribution < -0.4 is 21.3 Å². The van der Waals surface area contributed by atoms with Crippen molar-refractivity contribution < 1.29 is 38.9 Å². The molecule has 2 saturated heterocycles. The van der Waals surface area contributed by atoms with Crippen LogP contribution in [0.15, 0.2) is 73.1 Å². The number of carbonyl (C=O) groups excluding carboxylic acids is 4. The first-order chi connectivity index (χ1) is 37.7. The second-order valence-corrected chi connectivity index (χ2v) is 23.0. The minimum Gasteiger partial charge on any atom is -0.394 e. The fourth-order valence-corrected chi connectivity index (χ4v) is 12.7. The zero-order chi connectivity index (χ0) is 55.0. The summed E-state index contributed by atoms with van der Waals surface area (Å²) in [5.41, 5.74) is 6.00. The minimum atomic E-state index is -0.703. The summed E-state index contributed by atoms with van der Waals surface area (Å²) >= 11 is 15.9. The number of carbonyl (C=O) groups is 4. The van der Waals surface area contributed by atoms with E-state index >= 15 is 0 Å². The van der Waals surface area contributed by atoms with E-state index in [1.54, 1.807) is 36.0 Å². The van der Waals surface area contributed by atoms with Crippen LogP contribution >= 0.6 is 45.9 Å². The van der Waals surface area contributed by atoms with Crippen LogP contribution in [0.4, 0.5) is 11.9 Å². The first-order valence-electron chi connectivity index (χ1n) is 26.2. The third-order valence-electron chi connectivity index (χ3n) is 14.4. The number of aryl methyl sites for hydroxylation is 2. The van der Waals surface area contributed by atoms with Gasteiger partial charge in [-0.15, -0.1) is 22.7 Å². The van der Waals surface area contributed by atoms with Crippen molar-refractivity contribution in [1.82, 2.24) is 40.4 Å². The summed E-state index contributed by atoms with van der Waals surface area (Å²) in [6, 6.07) is 16.9. The van der Waals surface area contributed by atoms with Gasteiger partial charge in [-0.2, -0.15) is 0 Å². The quantitative estimate of drug-likeness (QED) is 0.0540. The van der Waals surface area contributed by atoms with Gasteiger partial charge >= 0.3 is 0 Å². The minimum absolute atomic E-state index is 0.205. The normalized spacial score (nSPS) is 17.4. The molecule has 0 radical (unpaired) electrons. The van der Waals surface area contributed by atoms with E-state index in [1.165, 1.54) is 22.7 Å². The molecule has 0 aliphatic carbocycles. The lowest BCUT2D eigenvalue weighted by atomic mass is 10.0. The number of hydrogen-bond donors (Lipinski definition) is 6. The number of rotatable bonds is 16. The van der Waals surface area contributed by atoms with Crippen LogP contribution in [0.25, 0.3) is 21.1 Å². The Labute approximate surface area is 471 Å². The maximum atomic E-state index is 13.5. The highest BCUT2D eigenvalue weighted by Crippen LogP contribution is 2.39. The Morgan fingerprint density at radius 3 is 1.42 bits per heavy atom. The SMILES string of the molecule is Cc1cccc([C@@H](CO)NC(=O)[C@@H](C)N2CCc3sc(-c4nc(NC5CCOCC5)ncc4Cl)cc3C2=O)c1.Cc1cccc([C@@H](CO)NC(=O)[C@H](C)N2CCc3sc(-c4nc(NC5CCOCC5)ncc4Cl)cc3C2=O)c1. The van der Waals surface area contributed by atoms with Crippen molar-refractivity contribution in [2.24, 2.45) is 0 Å². The van der Waals surface area contributed by atoms with Gasteiger partial charge in [-0.25, -0.2) is 19.9 Å². The lowest BCUT2D eigenvalue weighted by Gasteiger charge is -2.32. The summed E-state index contributed by atoms with van der Waals surface area (Å²) in [5, 5.41) is 33.2. The summed E-state index contributed by atoms with van der Waals surface area (Å²) in [5.74, 6) is -0.0432. The van der Waals surface area contributed by atoms with E-state index in [4.69, 9.17) is 32.7 Å². The molecule has 0 saturated carbocycles. The van der Waals surface area contributed by atoms with Crippen molar-refractivity contribution in [1.29, 1.82) is 0 Å². The second-order valence-electron chi connectivity index (χ2n) is 19.9. The number of anilines is 2. The molecule has 18 nitrogen and oxygen atoms in total. The Morgan fingerprint density at radius 1 is 0.654 bits per heavy atom. The average molecular weight is 1140 g/mol. The van der Waals surface area contributed by atoms with Gasteiger partial charge in [0.25, 0.3) is 11.8 Å². The maximum Gasteiger partial charge on any atom is 0.255 e. The Hall–Kier alpha value is -6.10. The number of fused-ring (bicyclic) bond motifs is 2. The van der Waals surface area contributed by atoms with Crippen LogP contribution in [-0.4, -0.2) is 140 Å². The molecule has 4 aromatic heterocycles. The molecular formula is C56H64Cl2N10O8S2. The molecule has 2 aromatic carbocycles. The fourth-order valence-electron chi connectivity index (χ4n) is 9.90. The van der Waals surface area contributed by atoms with E-state index in [2.05, 4.69) is 41.2 Å². The lowest BCUT2D eigenvalue weighted by Crippen LogP contribution is -2.51. The number of aliphatic hydroxyl groups is 2.